The van der Waals surface area contributed by atoms with Crippen molar-refractivity contribution in [2.45, 2.75) is 0 Å². The van der Waals surface area contributed by atoms with Crippen molar-refractivity contribution in [1.29, 1.82) is 0 Å². The van der Waals surface area contributed by atoms with Crippen LogP contribution in [0.25, 0.3) is 0 Å². The Morgan fingerprint density at radius 3 is 2.71 bits per heavy atom. The van der Waals surface area contributed by atoms with Crippen LogP contribution in [0.4, 0.5) is 11.6 Å². The summed E-state index contributed by atoms with van der Waals surface area (Å²) in [7, 11) is 1.20. The minimum absolute atomic E-state index is 0.0536. The number of carbonyl (C=O) groups excluding carboxylic acids is 1. The van der Waals surface area contributed by atoms with E-state index in [1.165, 1.54) is 7.11 Å². The highest BCUT2D eigenvalue weighted by Crippen LogP contribution is 2.19. The van der Waals surface area contributed by atoms with Crippen LogP contribution < -0.4 is 17.0 Å². The Labute approximate surface area is 84.4 Å². The number of carbonyl (C=O) groups is 1. The van der Waals surface area contributed by atoms with Crippen molar-refractivity contribution in [3.05, 3.63) is 10.8 Å². The summed E-state index contributed by atoms with van der Waals surface area (Å²) in [6.07, 6.45) is 0. The highest BCUT2D eigenvalue weighted by atomic mass is 35.5. The number of nitrogens with zero attached hydrogens (tertiary/aromatic N) is 2. The predicted molar refractivity (Wildman–Crippen MR) is 50.6 cm³/mol. The van der Waals surface area contributed by atoms with Gasteiger partial charge in [-0.1, -0.05) is 11.6 Å². The summed E-state index contributed by atoms with van der Waals surface area (Å²) in [4.78, 5) is 18.5. The molecule has 14 heavy (non-hydrogen) atoms. The molecule has 0 spiro atoms. The van der Waals surface area contributed by atoms with Gasteiger partial charge in [0, 0.05) is 0 Å². The van der Waals surface area contributed by atoms with Crippen LogP contribution in [0.15, 0.2) is 0 Å². The first-order valence-corrected chi connectivity index (χ1v) is 3.86. The molecule has 7 nitrogen and oxygen atoms in total. The van der Waals surface area contributed by atoms with E-state index in [4.69, 9.17) is 23.2 Å². The lowest BCUT2D eigenvalue weighted by atomic mass is 10.4. The van der Waals surface area contributed by atoms with Crippen molar-refractivity contribution in [2.24, 2.45) is 5.84 Å². The Bertz CT molecular complexity index is 369. The Balaban J connectivity index is 3.21. The van der Waals surface area contributed by atoms with Crippen molar-refractivity contribution in [1.82, 2.24) is 9.97 Å². The van der Waals surface area contributed by atoms with E-state index in [0.717, 1.165) is 0 Å². The maximum absolute atomic E-state index is 11.1. The third-order valence-electron chi connectivity index (χ3n) is 1.40. The standard InChI is InChI=1S/C6H8ClN5O2/c1-14-6(13)2-4(8)11-5(12-9)3(7)10-2/h9H2,1H3,(H3,8,11,12). The number of ether oxygens (including phenoxy) is 1. The van der Waals surface area contributed by atoms with Crippen LogP contribution in [-0.2, 0) is 4.74 Å². The molecule has 0 unspecified atom stereocenters. The zero-order valence-electron chi connectivity index (χ0n) is 7.24. The molecular weight excluding hydrogens is 210 g/mol. The SMILES string of the molecule is COC(=O)c1nc(Cl)c(NN)nc1N. The zero-order chi connectivity index (χ0) is 10.7. The number of hydrogen-bond acceptors (Lipinski definition) is 7. The Morgan fingerprint density at radius 1 is 1.57 bits per heavy atom. The molecule has 1 aromatic heterocycles. The maximum Gasteiger partial charge on any atom is 0.360 e. The number of halogens is 1. The Hall–Kier alpha value is -1.60. The lowest BCUT2D eigenvalue weighted by molar-refractivity contribution is 0.0595. The minimum atomic E-state index is -0.708. The summed E-state index contributed by atoms with van der Waals surface area (Å²) >= 11 is 5.62. The average molecular weight is 218 g/mol. The molecule has 1 heterocycles. The third-order valence-corrected chi connectivity index (χ3v) is 1.66. The number of nitrogen functional groups attached to an aromatic ring is 2. The number of nitrogens with one attached hydrogen (secondary N) is 1. The normalized spacial score (nSPS) is 9.64. The fourth-order valence-electron chi connectivity index (χ4n) is 0.767. The number of rotatable bonds is 2. The fraction of sp³-hybridized carbons (Fsp3) is 0.167. The largest absolute Gasteiger partial charge is 0.464 e. The summed E-state index contributed by atoms with van der Waals surface area (Å²) < 4.78 is 4.41. The quantitative estimate of drug-likeness (QED) is 0.356. The van der Waals surface area contributed by atoms with Gasteiger partial charge in [-0.3, -0.25) is 0 Å². The molecule has 0 saturated heterocycles. The number of hydrazine groups is 1. The van der Waals surface area contributed by atoms with E-state index in [0.29, 0.717) is 0 Å². The average Bonchev–Trinajstić information content (AvgIpc) is 2.19. The van der Waals surface area contributed by atoms with Gasteiger partial charge in [-0.15, -0.1) is 0 Å². The molecule has 5 N–H and O–H groups in total. The molecule has 76 valence electrons. The maximum atomic E-state index is 11.1. The van der Waals surface area contributed by atoms with Crippen molar-refractivity contribution < 1.29 is 9.53 Å². The van der Waals surface area contributed by atoms with Crippen LogP contribution in [0.3, 0.4) is 0 Å². The molecule has 0 aliphatic carbocycles. The highest BCUT2D eigenvalue weighted by molar-refractivity contribution is 6.31. The minimum Gasteiger partial charge on any atom is -0.464 e. The summed E-state index contributed by atoms with van der Waals surface area (Å²) in [5, 5.41) is -0.0536. The third kappa shape index (κ3) is 1.83. The van der Waals surface area contributed by atoms with Gasteiger partial charge >= 0.3 is 5.97 Å². The van der Waals surface area contributed by atoms with Gasteiger partial charge < -0.3 is 15.9 Å². The molecule has 0 atom stereocenters. The Morgan fingerprint density at radius 2 is 2.21 bits per heavy atom. The van der Waals surface area contributed by atoms with Gasteiger partial charge in [-0.2, -0.15) is 0 Å². The molecule has 1 aromatic rings. The van der Waals surface area contributed by atoms with Crippen LogP contribution in [0.2, 0.25) is 5.15 Å². The van der Waals surface area contributed by atoms with E-state index < -0.39 is 5.97 Å². The Kier molecular flexibility index (Phi) is 3.05. The van der Waals surface area contributed by atoms with E-state index in [1.54, 1.807) is 0 Å². The van der Waals surface area contributed by atoms with E-state index >= 15 is 0 Å². The molecule has 0 amide bonds. The first kappa shape index (κ1) is 10.5. The van der Waals surface area contributed by atoms with Gasteiger partial charge in [-0.05, 0) is 0 Å². The molecule has 0 fully saturated rings. The van der Waals surface area contributed by atoms with Crippen LogP contribution in [0.1, 0.15) is 10.5 Å². The van der Waals surface area contributed by atoms with Gasteiger partial charge in [0.15, 0.2) is 22.5 Å². The molecule has 0 bridgehead atoms. The number of esters is 1. The summed E-state index contributed by atoms with van der Waals surface area (Å²) in [5.74, 6) is 4.35. The van der Waals surface area contributed by atoms with E-state index in [1.807, 2.05) is 0 Å². The summed E-state index contributed by atoms with van der Waals surface area (Å²) in [5.41, 5.74) is 7.45. The second kappa shape index (κ2) is 4.07. The number of hydrogen-bond donors (Lipinski definition) is 3. The lowest BCUT2D eigenvalue weighted by Gasteiger charge is -2.05. The van der Waals surface area contributed by atoms with Crippen molar-refractivity contribution in [2.75, 3.05) is 18.3 Å². The van der Waals surface area contributed by atoms with E-state index in [9.17, 15) is 4.79 Å². The number of aromatic nitrogens is 2. The topological polar surface area (TPSA) is 116 Å². The number of anilines is 2. The van der Waals surface area contributed by atoms with Crippen LogP contribution in [0, 0.1) is 0 Å². The van der Waals surface area contributed by atoms with Gasteiger partial charge in [-0.25, -0.2) is 20.6 Å². The molecule has 0 radical (unpaired) electrons. The van der Waals surface area contributed by atoms with Gasteiger partial charge in [0.2, 0.25) is 0 Å². The highest BCUT2D eigenvalue weighted by Gasteiger charge is 2.16. The molecule has 0 aliphatic heterocycles. The van der Waals surface area contributed by atoms with Crippen molar-refractivity contribution >= 4 is 29.2 Å². The summed E-state index contributed by atoms with van der Waals surface area (Å²) in [6.45, 7) is 0. The molecule has 0 aliphatic rings. The van der Waals surface area contributed by atoms with E-state index in [-0.39, 0.29) is 22.5 Å². The number of nitrogens with two attached hydrogens (primary N) is 2. The van der Waals surface area contributed by atoms with Crippen LogP contribution in [-0.4, -0.2) is 23.0 Å². The van der Waals surface area contributed by atoms with Gasteiger partial charge in [0.1, 0.15) is 0 Å². The molecule has 8 heteroatoms. The lowest BCUT2D eigenvalue weighted by Crippen LogP contribution is -2.15. The predicted octanol–water partition coefficient (Wildman–Crippen LogP) is -0.216. The molecule has 0 aromatic carbocycles. The number of methoxy groups -OCH3 is 1. The van der Waals surface area contributed by atoms with Gasteiger partial charge in [0.05, 0.1) is 7.11 Å². The summed E-state index contributed by atoms with van der Waals surface area (Å²) in [6, 6.07) is 0. The zero-order valence-corrected chi connectivity index (χ0v) is 8.00. The van der Waals surface area contributed by atoms with Crippen LogP contribution >= 0.6 is 11.6 Å². The monoisotopic (exact) mass is 217 g/mol. The van der Waals surface area contributed by atoms with Crippen LogP contribution in [0.5, 0.6) is 0 Å². The van der Waals surface area contributed by atoms with E-state index in [2.05, 4.69) is 20.1 Å². The molecular formula is C6H8ClN5O2. The molecule has 0 saturated carbocycles. The second-order valence-corrected chi connectivity index (χ2v) is 2.59. The van der Waals surface area contributed by atoms with Crippen molar-refractivity contribution in [3.63, 3.8) is 0 Å². The fourth-order valence-corrected chi connectivity index (χ4v) is 0.948. The van der Waals surface area contributed by atoms with Gasteiger partial charge in [0.25, 0.3) is 0 Å². The first-order valence-electron chi connectivity index (χ1n) is 3.48. The smallest absolute Gasteiger partial charge is 0.360 e. The first-order chi connectivity index (χ1) is 6.60. The van der Waals surface area contributed by atoms with Crippen molar-refractivity contribution in [3.8, 4) is 0 Å². The molecule has 1 rings (SSSR count). The second-order valence-electron chi connectivity index (χ2n) is 2.23.